The van der Waals surface area contributed by atoms with Crippen LogP contribution in [0.2, 0.25) is 0 Å². The minimum Gasteiger partial charge on any atom is -0.356 e. The number of carbonyl (C=O) groups excluding carboxylic acids is 1. The lowest BCUT2D eigenvalue weighted by atomic mass is 10.1. The largest absolute Gasteiger partial charge is 0.356 e. The van der Waals surface area contributed by atoms with Gasteiger partial charge in [0.15, 0.2) is 5.96 Å². The van der Waals surface area contributed by atoms with E-state index in [-0.39, 0.29) is 35.9 Å². The van der Waals surface area contributed by atoms with Crippen molar-refractivity contribution < 1.29 is 4.79 Å². The fourth-order valence-electron chi connectivity index (χ4n) is 3.77. The molecule has 0 aliphatic carbocycles. The Hall–Kier alpha value is -1.35. The second-order valence-electron chi connectivity index (χ2n) is 7.78. The van der Waals surface area contributed by atoms with Crippen molar-refractivity contribution in [2.24, 2.45) is 4.99 Å². The summed E-state index contributed by atoms with van der Waals surface area (Å²) in [6.45, 7) is 5.82. The standard InChI is InChI=1S/C22H37N5O.HI/c1-6-18-10-12-19(13-11-18)17-26(5)22(23-2)24-14-8-16-27-15-7-9-20(27)21(28)25(3)4;/h10-13,20H,6-9,14-17H2,1-5H3,(H,23,24);1H. The predicted octanol–water partition coefficient (Wildman–Crippen LogP) is 2.82. The highest BCUT2D eigenvalue weighted by atomic mass is 127. The lowest BCUT2D eigenvalue weighted by Crippen LogP contribution is -2.44. The fourth-order valence-corrected chi connectivity index (χ4v) is 3.77. The molecule has 0 aromatic heterocycles. The molecule has 7 heteroatoms. The average molecular weight is 515 g/mol. The van der Waals surface area contributed by atoms with Crippen LogP contribution in [0.1, 0.15) is 37.3 Å². The molecule has 1 saturated heterocycles. The van der Waals surface area contributed by atoms with Gasteiger partial charge in [0.1, 0.15) is 0 Å². The first kappa shape index (κ1) is 25.7. The smallest absolute Gasteiger partial charge is 0.239 e. The summed E-state index contributed by atoms with van der Waals surface area (Å²) in [7, 11) is 7.58. The number of rotatable bonds is 8. The van der Waals surface area contributed by atoms with Crippen LogP contribution in [0, 0.1) is 0 Å². The zero-order chi connectivity index (χ0) is 20.5. The molecule has 0 radical (unpaired) electrons. The minimum atomic E-state index is 0. The lowest BCUT2D eigenvalue weighted by Gasteiger charge is -2.26. The monoisotopic (exact) mass is 515 g/mol. The van der Waals surface area contributed by atoms with Crippen LogP contribution in [-0.2, 0) is 17.8 Å². The van der Waals surface area contributed by atoms with Gasteiger partial charge in [-0.05, 0) is 43.4 Å². The number of hydrogen-bond donors (Lipinski definition) is 1. The van der Waals surface area contributed by atoms with Crippen molar-refractivity contribution >= 4 is 35.8 Å². The Morgan fingerprint density at radius 3 is 2.45 bits per heavy atom. The van der Waals surface area contributed by atoms with Crippen LogP contribution in [0.25, 0.3) is 0 Å². The Balaban J connectivity index is 0.00000420. The fraction of sp³-hybridized carbons (Fsp3) is 0.636. The quantitative estimate of drug-likeness (QED) is 0.251. The Morgan fingerprint density at radius 2 is 1.86 bits per heavy atom. The molecule has 1 aliphatic rings. The molecule has 1 unspecified atom stereocenters. The number of nitrogens with one attached hydrogen (secondary N) is 1. The van der Waals surface area contributed by atoms with Gasteiger partial charge in [-0.2, -0.15) is 0 Å². The molecular formula is C22H38IN5O. The van der Waals surface area contributed by atoms with Gasteiger partial charge < -0.3 is 15.1 Å². The number of likely N-dealkylation sites (N-methyl/N-ethyl adjacent to an activating group) is 1. The molecule has 1 amide bonds. The highest BCUT2D eigenvalue weighted by molar-refractivity contribution is 14.0. The number of aryl methyl sites for hydroxylation is 1. The van der Waals surface area contributed by atoms with Crippen molar-refractivity contribution in [3.63, 3.8) is 0 Å². The van der Waals surface area contributed by atoms with Crippen LogP contribution in [-0.4, -0.2) is 80.4 Å². The lowest BCUT2D eigenvalue weighted by molar-refractivity contribution is -0.133. The molecule has 1 N–H and O–H groups in total. The number of likely N-dealkylation sites (tertiary alicyclic amines) is 1. The maximum absolute atomic E-state index is 12.3. The number of nitrogens with zero attached hydrogens (tertiary/aromatic N) is 4. The van der Waals surface area contributed by atoms with Gasteiger partial charge in [0.05, 0.1) is 6.04 Å². The van der Waals surface area contributed by atoms with Gasteiger partial charge in [-0.1, -0.05) is 31.2 Å². The van der Waals surface area contributed by atoms with Crippen molar-refractivity contribution in [2.45, 2.75) is 45.2 Å². The Kier molecular flexibility index (Phi) is 11.6. The Morgan fingerprint density at radius 1 is 1.21 bits per heavy atom. The number of benzene rings is 1. The van der Waals surface area contributed by atoms with E-state index < -0.39 is 0 Å². The molecule has 0 spiro atoms. The molecule has 1 aromatic rings. The summed E-state index contributed by atoms with van der Waals surface area (Å²) in [5, 5.41) is 3.46. The topological polar surface area (TPSA) is 51.2 Å². The van der Waals surface area contributed by atoms with Crippen LogP contribution in [0.3, 0.4) is 0 Å². The Bertz CT molecular complexity index is 647. The first-order chi connectivity index (χ1) is 13.5. The molecule has 2 rings (SSSR count). The molecule has 1 aliphatic heterocycles. The second-order valence-corrected chi connectivity index (χ2v) is 7.78. The van der Waals surface area contributed by atoms with Crippen molar-refractivity contribution in [3.05, 3.63) is 35.4 Å². The first-order valence-electron chi connectivity index (χ1n) is 10.4. The summed E-state index contributed by atoms with van der Waals surface area (Å²) in [6, 6.07) is 8.83. The minimum absolute atomic E-state index is 0. The van der Waals surface area contributed by atoms with Gasteiger partial charge in [0.2, 0.25) is 5.91 Å². The molecule has 0 saturated carbocycles. The molecule has 1 aromatic carbocycles. The predicted molar refractivity (Wildman–Crippen MR) is 132 cm³/mol. The van der Waals surface area contributed by atoms with E-state index in [1.807, 2.05) is 21.1 Å². The van der Waals surface area contributed by atoms with E-state index in [9.17, 15) is 4.79 Å². The molecule has 6 nitrogen and oxygen atoms in total. The maximum atomic E-state index is 12.3. The Labute approximate surface area is 193 Å². The summed E-state index contributed by atoms with van der Waals surface area (Å²) in [4.78, 5) is 22.9. The van der Waals surface area contributed by atoms with E-state index in [0.29, 0.717) is 0 Å². The number of amides is 1. The van der Waals surface area contributed by atoms with E-state index in [2.05, 4.69) is 58.3 Å². The van der Waals surface area contributed by atoms with Gasteiger partial charge in [0, 0.05) is 47.8 Å². The average Bonchev–Trinajstić information content (AvgIpc) is 3.16. The third-order valence-corrected chi connectivity index (χ3v) is 5.42. The molecule has 29 heavy (non-hydrogen) atoms. The van der Waals surface area contributed by atoms with Crippen LogP contribution >= 0.6 is 24.0 Å². The van der Waals surface area contributed by atoms with Crippen molar-refractivity contribution in [1.29, 1.82) is 0 Å². The number of aliphatic imine (C=N–C) groups is 1. The van der Waals surface area contributed by atoms with Gasteiger partial charge in [0.25, 0.3) is 0 Å². The molecule has 1 heterocycles. The second kappa shape index (κ2) is 13.1. The number of carbonyl (C=O) groups is 1. The van der Waals surface area contributed by atoms with E-state index in [0.717, 1.165) is 57.8 Å². The normalized spacial score (nSPS) is 17.0. The zero-order valence-corrected chi connectivity index (χ0v) is 21.0. The van der Waals surface area contributed by atoms with Gasteiger partial charge in [-0.3, -0.25) is 14.7 Å². The summed E-state index contributed by atoms with van der Waals surface area (Å²) in [5.41, 5.74) is 2.65. The molecule has 1 fully saturated rings. The number of guanidine groups is 1. The van der Waals surface area contributed by atoms with E-state index in [1.54, 1.807) is 4.90 Å². The molecule has 1 atom stereocenters. The van der Waals surface area contributed by atoms with Gasteiger partial charge in [-0.25, -0.2) is 0 Å². The molecule has 164 valence electrons. The van der Waals surface area contributed by atoms with Gasteiger partial charge >= 0.3 is 0 Å². The first-order valence-corrected chi connectivity index (χ1v) is 10.4. The van der Waals surface area contributed by atoms with E-state index >= 15 is 0 Å². The SMILES string of the molecule is CCc1ccc(CN(C)C(=NC)NCCCN2CCCC2C(=O)N(C)C)cc1.I. The van der Waals surface area contributed by atoms with Crippen molar-refractivity contribution in [1.82, 2.24) is 20.0 Å². The van der Waals surface area contributed by atoms with Crippen LogP contribution in [0.15, 0.2) is 29.3 Å². The molecule has 0 bridgehead atoms. The van der Waals surface area contributed by atoms with E-state index in [1.165, 1.54) is 11.1 Å². The zero-order valence-electron chi connectivity index (χ0n) is 18.6. The van der Waals surface area contributed by atoms with Crippen LogP contribution in [0.4, 0.5) is 0 Å². The van der Waals surface area contributed by atoms with Crippen LogP contribution in [0.5, 0.6) is 0 Å². The van der Waals surface area contributed by atoms with E-state index in [4.69, 9.17) is 0 Å². The maximum Gasteiger partial charge on any atom is 0.239 e. The van der Waals surface area contributed by atoms with Crippen molar-refractivity contribution in [3.8, 4) is 0 Å². The number of halogens is 1. The summed E-state index contributed by atoms with van der Waals surface area (Å²) in [5.74, 6) is 1.14. The van der Waals surface area contributed by atoms with Crippen LogP contribution < -0.4 is 5.32 Å². The van der Waals surface area contributed by atoms with Gasteiger partial charge in [-0.15, -0.1) is 24.0 Å². The highest BCUT2D eigenvalue weighted by Crippen LogP contribution is 2.18. The third-order valence-electron chi connectivity index (χ3n) is 5.42. The molecular weight excluding hydrogens is 477 g/mol. The number of hydrogen-bond acceptors (Lipinski definition) is 3. The summed E-state index contributed by atoms with van der Waals surface area (Å²) >= 11 is 0. The van der Waals surface area contributed by atoms with Crippen molar-refractivity contribution in [2.75, 3.05) is 47.8 Å². The summed E-state index contributed by atoms with van der Waals surface area (Å²) < 4.78 is 0. The third kappa shape index (κ3) is 7.77. The highest BCUT2D eigenvalue weighted by Gasteiger charge is 2.30. The summed E-state index contributed by atoms with van der Waals surface area (Å²) in [6.07, 6.45) is 4.15.